The van der Waals surface area contributed by atoms with Gasteiger partial charge in [-0.2, -0.15) is 0 Å². The van der Waals surface area contributed by atoms with Crippen molar-refractivity contribution in [1.82, 2.24) is 10.6 Å². The van der Waals surface area contributed by atoms with Gasteiger partial charge in [0.05, 0.1) is 6.54 Å². The van der Waals surface area contributed by atoms with E-state index >= 15 is 0 Å². The minimum Gasteiger partial charge on any atom is -0.351 e. The molecule has 19 heavy (non-hydrogen) atoms. The maximum absolute atomic E-state index is 11.8. The lowest BCUT2D eigenvalue weighted by Gasteiger charge is -2.27. The standard InChI is InChI=1S/C16H24N2O/c1-16(2)10-6-9-14(16)17-12-15(19)18-11-13-7-4-3-5-8-13/h3-5,7-8,14,17H,6,9-12H2,1-2H3,(H,18,19). The highest BCUT2D eigenvalue weighted by Gasteiger charge is 2.34. The molecule has 3 heteroatoms. The third-order valence-electron chi connectivity index (χ3n) is 4.10. The van der Waals surface area contributed by atoms with Gasteiger partial charge in [0.15, 0.2) is 0 Å². The molecular formula is C16H24N2O. The van der Waals surface area contributed by atoms with Crippen molar-refractivity contribution < 1.29 is 4.79 Å². The number of rotatable bonds is 5. The van der Waals surface area contributed by atoms with Crippen LogP contribution in [0.4, 0.5) is 0 Å². The summed E-state index contributed by atoms with van der Waals surface area (Å²) >= 11 is 0. The molecule has 0 radical (unpaired) electrons. The van der Waals surface area contributed by atoms with E-state index in [-0.39, 0.29) is 5.91 Å². The fourth-order valence-electron chi connectivity index (χ4n) is 2.78. The minimum atomic E-state index is 0.0755. The Kier molecular flexibility index (Phi) is 4.59. The van der Waals surface area contributed by atoms with Crippen molar-refractivity contribution in [3.63, 3.8) is 0 Å². The molecule has 1 atom stereocenters. The zero-order valence-electron chi connectivity index (χ0n) is 11.9. The molecule has 0 bridgehead atoms. The molecule has 2 rings (SSSR count). The second-order valence-electron chi connectivity index (χ2n) is 6.08. The van der Waals surface area contributed by atoms with Crippen LogP contribution in [0.1, 0.15) is 38.7 Å². The molecule has 0 heterocycles. The summed E-state index contributed by atoms with van der Waals surface area (Å²) in [5, 5.41) is 6.34. The van der Waals surface area contributed by atoms with Crippen molar-refractivity contribution in [2.45, 2.75) is 45.7 Å². The van der Waals surface area contributed by atoms with E-state index in [4.69, 9.17) is 0 Å². The fraction of sp³-hybridized carbons (Fsp3) is 0.562. The van der Waals surface area contributed by atoms with Gasteiger partial charge in [-0.1, -0.05) is 50.6 Å². The summed E-state index contributed by atoms with van der Waals surface area (Å²) in [4.78, 5) is 11.8. The second kappa shape index (κ2) is 6.20. The van der Waals surface area contributed by atoms with Gasteiger partial charge in [0.1, 0.15) is 0 Å². The lowest BCUT2D eigenvalue weighted by molar-refractivity contribution is -0.120. The highest BCUT2D eigenvalue weighted by Crippen LogP contribution is 2.36. The molecule has 3 nitrogen and oxygen atoms in total. The van der Waals surface area contributed by atoms with Crippen LogP contribution >= 0.6 is 0 Å². The van der Waals surface area contributed by atoms with Crippen molar-refractivity contribution >= 4 is 5.91 Å². The third kappa shape index (κ3) is 4.06. The zero-order valence-corrected chi connectivity index (χ0v) is 11.9. The van der Waals surface area contributed by atoms with E-state index in [0.717, 1.165) is 5.56 Å². The van der Waals surface area contributed by atoms with E-state index in [0.29, 0.717) is 24.5 Å². The highest BCUT2D eigenvalue weighted by atomic mass is 16.1. The predicted molar refractivity (Wildman–Crippen MR) is 77.7 cm³/mol. The maximum atomic E-state index is 11.8. The van der Waals surface area contributed by atoms with Crippen molar-refractivity contribution in [2.75, 3.05) is 6.54 Å². The molecule has 1 unspecified atom stereocenters. The fourth-order valence-corrected chi connectivity index (χ4v) is 2.78. The monoisotopic (exact) mass is 260 g/mol. The number of hydrogen-bond donors (Lipinski definition) is 2. The van der Waals surface area contributed by atoms with Gasteiger partial charge in [-0.25, -0.2) is 0 Å². The van der Waals surface area contributed by atoms with Gasteiger partial charge in [0.2, 0.25) is 5.91 Å². The summed E-state index contributed by atoms with van der Waals surface area (Å²) < 4.78 is 0. The second-order valence-corrected chi connectivity index (χ2v) is 6.08. The first-order chi connectivity index (χ1) is 9.08. The van der Waals surface area contributed by atoms with E-state index < -0.39 is 0 Å². The SMILES string of the molecule is CC1(C)CCCC1NCC(=O)NCc1ccccc1. The maximum Gasteiger partial charge on any atom is 0.234 e. The summed E-state index contributed by atoms with van der Waals surface area (Å²) in [6.45, 7) is 5.58. The highest BCUT2D eigenvalue weighted by molar-refractivity contribution is 5.78. The summed E-state index contributed by atoms with van der Waals surface area (Å²) in [5.41, 5.74) is 1.46. The topological polar surface area (TPSA) is 41.1 Å². The quantitative estimate of drug-likeness (QED) is 0.854. The molecule has 1 aliphatic rings. The van der Waals surface area contributed by atoms with Crippen LogP contribution in [0, 0.1) is 5.41 Å². The Bertz CT molecular complexity index is 414. The third-order valence-corrected chi connectivity index (χ3v) is 4.10. The Labute approximate surface area is 115 Å². The van der Waals surface area contributed by atoms with Crippen molar-refractivity contribution in [3.05, 3.63) is 35.9 Å². The van der Waals surface area contributed by atoms with E-state index in [1.165, 1.54) is 19.3 Å². The molecule has 2 N–H and O–H groups in total. The number of benzene rings is 1. The van der Waals surface area contributed by atoms with Crippen LogP contribution in [-0.4, -0.2) is 18.5 Å². The van der Waals surface area contributed by atoms with Crippen LogP contribution in [0.2, 0.25) is 0 Å². The molecule has 1 saturated carbocycles. The van der Waals surface area contributed by atoms with Crippen LogP contribution < -0.4 is 10.6 Å². The van der Waals surface area contributed by atoms with E-state index in [1.54, 1.807) is 0 Å². The molecule has 0 aromatic heterocycles. The first-order valence-corrected chi connectivity index (χ1v) is 7.12. The van der Waals surface area contributed by atoms with E-state index in [2.05, 4.69) is 24.5 Å². The molecule has 1 aromatic rings. The first kappa shape index (κ1) is 14.1. The first-order valence-electron chi connectivity index (χ1n) is 7.12. The summed E-state index contributed by atoms with van der Waals surface area (Å²) in [7, 11) is 0. The van der Waals surface area contributed by atoms with Gasteiger partial charge in [-0.05, 0) is 23.8 Å². The smallest absolute Gasteiger partial charge is 0.234 e. The molecule has 1 fully saturated rings. The summed E-state index contributed by atoms with van der Waals surface area (Å²) in [6.07, 6.45) is 3.69. The number of amides is 1. The molecule has 0 aliphatic heterocycles. The van der Waals surface area contributed by atoms with Gasteiger partial charge in [0, 0.05) is 12.6 Å². The minimum absolute atomic E-state index is 0.0755. The Morgan fingerprint density at radius 3 is 2.68 bits per heavy atom. The Morgan fingerprint density at radius 1 is 1.32 bits per heavy atom. The Morgan fingerprint density at radius 2 is 2.05 bits per heavy atom. The normalized spacial score (nSPS) is 21.3. The van der Waals surface area contributed by atoms with Gasteiger partial charge in [0.25, 0.3) is 0 Å². The van der Waals surface area contributed by atoms with Crippen LogP contribution in [0.3, 0.4) is 0 Å². The van der Waals surface area contributed by atoms with Gasteiger partial charge in [-0.15, -0.1) is 0 Å². The average molecular weight is 260 g/mol. The largest absolute Gasteiger partial charge is 0.351 e. The molecule has 1 aliphatic carbocycles. The van der Waals surface area contributed by atoms with Crippen LogP contribution in [0.5, 0.6) is 0 Å². The van der Waals surface area contributed by atoms with Crippen LogP contribution in [-0.2, 0) is 11.3 Å². The van der Waals surface area contributed by atoms with Gasteiger partial charge < -0.3 is 10.6 Å². The van der Waals surface area contributed by atoms with Crippen molar-refractivity contribution in [1.29, 1.82) is 0 Å². The van der Waals surface area contributed by atoms with Gasteiger partial charge in [-0.3, -0.25) is 4.79 Å². The van der Waals surface area contributed by atoms with Crippen LogP contribution in [0.15, 0.2) is 30.3 Å². The van der Waals surface area contributed by atoms with E-state index in [9.17, 15) is 4.79 Å². The summed E-state index contributed by atoms with van der Waals surface area (Å²) in [6, 6.07) is 10.5. The Balaban J connectivity index is 1.70. The molecule has 0 spiro atoms. The van der Waals surface area contributed by atoms with Gasteiger partial charge >= 0.3 is 0 Å². The molecule has 104 valence electrons. The molecular weight excluding hydrogens is 236 g/mol. The number of carbonyl (C=O) groups excluding carboxylic acids is 1. The molecule has 1 amide bonds. The number of carbonyl (C=O) groups is 1. The lowest BCUT2D eigenvalue weighted by Crippen LogP contribution is -2.43. The Hall–Kier alpha value is -1.35. The summed E-state index contributed by atoms with van der Waals surface area (Å²) in [5.74, 6) is 0.0755. The molecule has 1 aromatic carbocycles. The number of hydrogen-bond acceptors (Lipinski definition) is 2. The van der Waals surface area contributed by atoms with E-state index in [1.807, 2.05) is 30.3 Å². The van der Waals surface area contributed by atoms with Crippen molar-refractivity contribution in [2.24, 2.45) is 5.41 Å². The predicted octanol–water partition coefficient (Wildman–Crippen LogP) is 2.47. The van der Waals surface area contributed by atoms with Crippen molar-refractivity contribution in [3.8, 4) is 0 Å². The zero-order chi connectivity index (χ0) is 13.7. The lowest BCUT2D eigenvalue weighted by atomic mass is 9.87. The van der Waals surface area contributed by atoms with Crippen LogP contribution in [0.25, 0.3) is 0 Å². The molecule has 0 saturated heterocycles. The number of nitrogens with one attached hydrogen (secondary N) is 2. The average Bonchev–Trinajstić information content (AvgIpc) is 2.74.